The van der Waals surface area contributed by atoms with E-state index in [1.54, 1.807) is 0 Å². The van der Waals surface area contributed by atoms with Crippen LogP contribution in [-0.2, 0) is 16.8 Å². The minimum absolute atomic E-state index is 0.0378. The monoisotopic (exact) mass is 468 g/mol. The number of rotatable bonds is 9. The van der Waals surface area contributed by atoms with Crippen molar-refractivity contribution in [3.8, 4) is 17.1 Å². The van der Waals surface area contributed by atoms with Gasteiger partial charge in [0, 0.05) is 30.5 Å². The average Bonchev–Trinajstić information content (AvgIpc) is 3.45. The number of carbonyl (C=O) groups excluding carboxylic acids is 1. The number of ether oxygens (including phenoxy) is 1. The first-order valence-corrected chi connectivity index (χ1v) is 11.8. The molecule has 2 aromatic carbocycles. The molecular weight excluding hydrogens is 439 g/mol. The zero-order valence-electron chi connectivity index (χ0n) is 18.8. The molecule has 1 heterocycles. The Balaban J connectivity index is 1.39. The first-order chi connectivity index (χ1) is 16.0. The summed E-state index contributed by atoms with van der Waals surface area (Å²) in [7, 11) is 0. The van der Waals surface area contributed by atoms with Gasteiger partial charge in [-0.1, -0.05) is 25.0 Å². The largest absolute Gasteiger partial charge is 0.494 e. The molecule has 0 aliphatic heterocycles. The summed E-state index contributed by atoms with van der Waals surface area (Å²) < 4.78 is 21.2. The molecule has 6 nitrogen and oxygen atoms in total. The molecule has 33 heavy (non-hydrogen) atoms. The molecule has 1 amide bonds. The van der Waals surface area contributed by atoms with Gasteiger partial charge >= 0.3 is 0 Å². The molecular formula is C25H29FN4O2S. The Hall–Kier alpha value is -3.00. The van der Waals surface area contributed by atoms with Gasteiger partial charge in [-0.25, -0.2) is 4.39 Å². The van der Waals surface area contributed by atoms with Crippen molar-refractivity contribution >= 4 is 18.1 Å². The standard InChI is InChI=1S/C25H29FN4O2S/c1-2-32-21-11-5-18(6-12-21)23-28-29-24(33)30(23)16-13-22(31)27-17-25(14-3-4-15-25)19-7-9-20(26)10-8-19/h5-12H,2-4,13-17H2,1H3,(H,27,31)(H,29,33). The predicted octanol–water partition coefficient (Wildman–Crippen LogP) is 5.16. The van der Waals surface area contributed by atoms with Gasteiger partial charge in [-0.05, 0) is 73.9 Å². The maximum atomic E-state index is 13.4. The number of halogens is 1. The Bertz CT molecular complexity index is 1130. The average molecular weight is 469 g/mol. The van der Waals surface area contributed by atoms with E-state index >= 15 is 0 Å². The molecule has 1 aliphatic carbocycles. The molecule has 1 aliphatic rings. The van der Waals surface area contributed by atoms with E-state index in [0.717, 1.165) is 42.6 Å². The second-order valence-corrected chi connectivity index (χ2v) is 8.87. The van der Waals surface area contributed by atoms with Crippen LogP contribution in [0.1, 0.15) is 44.6 Å². The van der Waals surface area contributed by atoms with Crippen LogP contribution in [0.2, 0.25) is 0 Å². The molecule has 0 saturated heterocycles. The predicted molar refractivity (Wildman–Crippen MR) is 128 cm³/mol. The van der Waals surface area contributed by atoms with Crippen LogP contribution in [0, 0.1) is 10.6 Å². The van der Waals surface area contributed by atoms with E-state index < -0.39 is 0 Å². The third-order valence-corrected chi connectivity index (χ3v) is 6.70. The van der Waals surface area contributed by atoms with Crippen LogP contribution in [0.15, 0.2) is 48.5 Å². The number of nitrogens with one attached hydrogen (secondary N) is 2. The van der Waals surface area contributed by atoms with Gasteiger partial charge in [0.15, 0.2) is 10.6 Å². The van der Waals surface area contributed by atoms with Crippen LogP contribution in [-0.4, -0.2) is 33.8 Å². The lowest BCUT2D eigenvalue weighted by molar-refractivity contribution is -0.121. The number of hydrogen-bond acceptors (Lipinski definition) is 4. The zero-order valence-corrected chi connectivity index (χ0v) is 19.6. The van der Waals surface area contributed by atoms with E-state index in [-0.39, 0.29) is 23.6 Å². The lowest BCUT2D eigenvalue weighted by atomic mass is 9.79. The van der Waals surface area contributed by atoms with E-state index in [2.05, 4.69) is 15.5 Å². The summed E-state index contributed by atoms with van der Waals surface area (Å²) in [6, 6.07) is 14.3. The maximum absolute atomic E-state index is 13.4. The van der Waals surface area contributed by atoms with Gasteiger partial charge in [0.25, 0.3) is 0 Å². The lowest BCUT2D eigenvalue weighted by Crippen LogP contribution is -2.39. The van der Waals surface area contributed by atoms with E-state index in [4.69, 9.17) is 17.0 Å². The molecule has 4 rings (SSSR count). The molecule has 1 saturated carbocycles. The van der Waals surface area contributed by atoms with Crippen LogP contribution >= 0.6 is 12.2 Å². The van der Waals surface area contributed by atoms with Crippen LogP contribution in [0.25, 0.3) is 11.4 Å². The number of H-pyrrole nitrogens is 1. The maximum Gasteiger partial charge on any atom is 0.221 e. The van der Waals surface area contributed by atoms with Crippen molar-refractivity contribution in [2.45, 2.75) is 51.0 Å². The van der Waals surface area contributed by atoms with Crippen LogP contribution in [0.5, 0.6) is 5.75 Å². The van der Waals surface area contributed by atoms with E-state index in [1.807, 2.05) is 47.9 Å². The zero-order chi connectivity index (χ0) is 23.3. The summed E-state index contributed by atoms with van der Waals surface area (Å²) in [5.41, 5.74) is 1.87. The van der Waals surface area contributed by atoms with Gasteiger partial charge in [-0.15, -0.1) is 0 Å². The van der Waals surface area contributed by atoms with Crippen molar-refractivity contribution in [2.24, 2.45) is 0 Å². The third kappa shape index (κ3) is 5.33. The third-order valence-electron chi connectivity index (χ3n) is 6.39. The molecule has 0 atom stereocenters. The number of amides is 1. The number of aromatic amines is 1. The van der Waals surface area contributed by atoms with Gasteiger partial charge in [0.1, 0.15) is 11.6 Å². The molecule has 3 aromatic rings. The minimum Gasteiger partial charge on any atom is -0.494 e. The van der Waals surface area contributed by atoms with Crippen LogP contribution < -0.4 is 10.1 Å². The van der Waals surface area contributed by atoms with Gasteiger partial charge in [0.2, 0.25) is 5.91 Å². The molecule has 8 heteroatoms. The smallest absolute Gasteiger partial charge is 0.221 e. The first-order valence-electron chi connectivity index (χ1n) is 11.4. The highest BCUT2D eigenvalue weighted by atomic mass is 32.1. The number of aromatic nitrogens is 3. The number of carbonyl (C=O) groups is 1. The fourth-order valence-electron chi connectivity index (χ4n) is 4.60. The second kappa shape index (κ2) is 10.3. The molecule has 0 radical (unpaired) electrons. The lowest BCUT2D eigenvalue weighted by Gasteiger charge is -2.30. The van der Waals surface area contributed by atoms with E-state index in [1.165, 1.54) is 12.1 Å². The highest BCUT2D eigenvalue weighted by Gasteiger charge is 2.35. The van der Waals surface area contributed by atoms with E-state index in [0.29, 0.717) is 30.3 Å². The summed E-state index contributed by atoms with van der Waals surface area (Å²) in [6.07, 6.45) is 4.50. The van der Waals surface area contributed by atoms with Crippen molar-refractivity contribution in [2.75, 3.05) is 13.2 Å². The number of nitrogens with zero attached hydrogens (tertiary/aromatic N) is 2. The molecule has 0 bridgehead atoms. The normalized spacial score (nSPS) is 14.8. The summed E-state index contributed by atoms with van der Waals surface area (Å²) in [4.78, 5) is 12.7. The molecule has 1 aromatic heterocycles. The van der Waals surface area contributed by atoms with Crippen molar-refractivity contribution in [1.29, 1.82) is 0 Å². The van der Waals surface area contributed by atoms with Gasteiger partial charge < -0.3 is 10.1 Å². The fraction of sp³-hybridized carbons (Fsp3) is 0.400. The van der Waals surface area contributed by atoms with Gasteiger partial charge in [-0.3, -0.25) is 14.5 Å². The molecule has 0 unspecified atom stereocenters. The molecule has 0 spiro atoms. The van der Waals surface area contributed by atoms with Crippen molar-refractivity contribution in [1.82, 2.24) is 20.1 Å². The Morgan fingerprint density at radius 3 is 2.55 bits per heavy atom. The van der Waals surface area contributed by atoms with Crippen molar-refractivity contribution in [3.05, 3.63) is 64.7 Å². The molecule has 1 fully saturated rings. The summed E-state index contributed by atoms with van der Waals surface area (Å²) in [6.45, 7) is 3.53. The minimum atomic E-state index is -0.240. The number of hydrogen-bond donors (Lipinski definition) is 2. The van der Waals surface area contributed by atoms with Gasteiger partial charge in [0.05, 0.1) is 6.61 Å². The quantitative estimate of drug-likeness (QED) is 0.425. The summed E-state index contributed by atoms with van der Waals surface area (Å²) in [5.74, 6) is 1.21. The Kier molecular flexibility index (Phi) is 7.23. The molecule has 174 valence electrons. The second-order valence-electron chi connectivity index (χ2n) is 8.48. The first kappa shape index (κ1) is 23.2. The summed E-state index contributed by atoms with van der Waals surface area (Å²) >= 11 is 5.39. The Morgan fingerprint density at radius 1 is 1.18 bits per heavy atom. The highest BCUT2D eigenvalue weighted by Crippen LogP contribution is 2.40. The van der Waals surface area contributed by atoms with E-state index in [9.17, 15) is 9.18 Å². The molecule has 2 N–H and O–H groups in total. The Labute approximate surface area is 198 Å². The van der Waals surface area contributed by atoms with Gasteiger partial charge in [-0.2, -0.15) is 5.10 Å². The topological polar surface area (TPSA) is 71.9 Å². The van der Waals surface area contributed by atoms with Crippen LogP contribution in [0.3, 0.4) is 0 Å². The SMILES string of the molecule is CCOc1ccc(-c2n[nH]c(=S)n2CCC(=O)NCC2(c3ccc(F)cc3)CCCC2)cc1. The number of benzene rings is 2. The van der Waals surface area contributed by atoms with Crippen molar-refractivity contribution in [3.63, 3.8) is 0 Å². The highest BCUT2D eigenvalue weighted by molar-refractivity contribution is 7.71. The fourth-order valence-corrected chi connectivity index (χ4v) is 4.83. The van der Waals surface area contributed by atoms with Crippen LogP contribution in [0.4, 0.5) is 4.39 Å². The Morgan fingerprint density at radius 2 is 1.88 bits per heavy atom. The van der Waals surface area contributed by atoms with Crippen molar-refractivity contribution < 1.29 is 13.9 Å². The summed E-state index contributed by atoms with van der Waals surface area (Å²) in [5, 5.41) is 10.3.